The molecule has 2 aromatic rings. The molecule has 1 heterocycles. The molecule has 3 N–H and O–H groups in total. The number of nitrogens with zero attached hydrogens (tertiary/aromatic N) is 1. The van der Waals surface area contributed by atoms with Gasteiger partial charge in [-0.05, 0) is 26.0 Å². The van der Waals surface area contributed by atoms with E-state index in [2.05, 4.69) is 5.32 Å². The van der Waals surface area contributed by atoms with Crippen LogP contribution in [0.25, 0.3) is 11.0 Å². The number of carbonyl (C=O) groups excluding carboxylic acids is 2. The van der Waals surface area contributed by atoms with E-state index in [1.54, 1.807) is 4.90 Å². The Labute approximate surface area is 129 Å². The molecule has 2 rings (SSSR count). The van der Waals surface area contributed by atoms with Crippen molar-refractivity contribution in [1.29, 1.82) is 0 Å². The number of fused-ring (bicyclic) bond motifs is 1. The molecule has 6 heteroatoms. The van der Waals surface area contributed by atoms with Crippen molar-refractivity contribution in [3.8, 4) is 0 Å². The van der Waals surface area contributed by atoms with E-state index in [0.29, 0.717) is 6.54 Å². The number of benzene rings is 1. The molecule has 0 aliphatic rings. The van der Waals surface area contributed by atoms with Gasteiger partial charge in [0, 0.05) is 11.9 Å². The van der Waals surface area contributed by atoms with Crippen LogP contribution in [0, 0.1) is 0 Å². The molecule has 0 aliphatic heterocycles. The highest BCUT2D eigenvalue weighted by atomic mass is 16.3. The molecule has 1 unspecified atom stereocenters. The van der Waals surface area contributed by atoms with Gasteiger partial charge in [-0.3, -0.25) is 9.59 Å². The predicted octanol–water partition coefficient (Wildman–Crippen LogP) is 1.42. The first-order valence-electron chi connectivity index (χ1n) is 7.31. The van der Waals surface area contributed by atoms with Gasteiger partial charge >= 0.3 is 0 Å². The van der Waals surface area contributed by atoms with Crippen molar-refractivity contribution in [2.24, 2.45) is 5.73 Å². The second-order valence-electron chi connectivity index (χ2n) is 5.02. The molecule has 0 spiro atoms. The van der Waals surface area contributed by atoms with E-state index in [1.807, 2.05) is 44.2 Å². The summed E-state index contributed by atoms with van der Waals surface area (Å²) in [4.78, 5) is 25.1. The summed E-state index contributed by atoms with van der Waals surface area (Å²) in [7, 11) is 0. The molecular formula is C16H21N3O3. The molecule has 118 valence electrons. The van der Waals surface area contributed by atoms with Crippen LogP contribution in [0.3, 0.4) is 0 Å². The molecule has 0 fully saturated rings. The lowest BCUT2D eigenvalue weighted by Gasteiger charge is -2.26. The van der Waals surface area contributed by atoms with Crippen LogP contribution in [-0.4, -0.2) is 36.3 Å². The van der Waals surface area contributed by atoms with Crippen LogP contribution in [-0.2, 0) is 9.59 Å². The molecule has 1 aromatic carbocycles. The summed E-state index contributed by atoms with van der Waals surface area (Å²) in [6.07, 6.45) is 0. The van der Waals surface area contributed by atoms with Gasteiger partial charge in [-0.2, -0.15) is 0 Å². The Kier molecular flexibility index (Phi) is 5.16. The van der Waals surface area contributed by atoms with Crippen LogP contribution in [0.15, 0.2) is 34.7 Å². The number of hydrogen-bond acceptors (Lipinski definition) is 4. The van der Waals surface area contributed by atoms with Crippen LogP contribution >= 0.6 is 0 Å². The number of furan rings is 1. The van der Waals surface area contributed by atoms with Crippen LogP contribution in [0.1, 0.15) is 25.6 Å². The zero-order chi connectivity index (χ0) is 16.1. The minimum atomic E-state index is -0.346. The molecule has 0 aliphatic carbocycles. The van der Waals surface area contributed by atoms with E-state index < -0.39 is 0 Å². The SMILES string of the molecule is CCN(C(=O)CNC(=O)CN)C(C)c1cc2ccccc2o1. The average molecular weight is 303 g/mol. The van der Waals surface area contributed by atoms with Gasteiger partial charge in [0.15, 0.2) is 0 Å². The maximum Gasteiger partial charge on any atom is 0.242 e. The predicted molar refractivity (Wildman–Crippen MR) is 84.1 cm³/mol. The highest BCUT2D eigenvalue weighted by molar-refractivity contribution is 5.85. The fraction of sp³-hybridized carbons (Fsp3) is 0.375. The second kappa shape index (κ2) is 7.09. The summed E-state index contributed by atoms with van der Waals surface area (Å²) < 4.78 is 5.81. The number of hydrogen-bond donors (Lipinski definition) is 2. The summed E-state index contributed by atoms with van der Waals surface area (Å²) in [6, 6.07) is 9.44. The minimum Gasteiger partial charge on any atom is -0.459 e. The lowest BCUT2D eigenvalue weighted by atomic mass is 10.2. The highest BCUT2D eigenvalue weighted by Crippen LogP contribution is 2.27. The number of amides is 2. The zero-order valence-corrected chi connectivity index (χ0v) is 12.8. The van der Waals surface area contributed by atoms with E-state index in [0.717, 1.165) is 16.7 Å². The summed E-state index contributed by atoms with van der Waals surface area (Å²) in [6.45, 7) is 4.13. The minimum absolute atomic E-state index is 0.0611. The number of para-hydroxylation sites is 1. The van der Waals surface area contributed by atoms with E-state index in [-0.39, 0.29) is 30.9 Å². The number of nitrogens with one attached hydrogen (secondary N) is 1. The molecule has 22 heavy (non-hydrogen) atoms. The third-order valence-corrected chi connectivity index (χ3v) is 3.61. The van der Waals surface area contributed by atoms with Crippen LogP contribution < -0.4 is 11.1 Å². The van der Waals surface area contributed by atoms with E-state index in [9.17, 15) is 9.59 Å². The Morgan fingerprint density at radius 2 is 2.09 bits per heavy atom. The van der Waals surface area contributed by atoms with E-state index >= 15 is 0 Å². The largest absolute Gasteiger partial charge is 0.459 e. The second-order valence-corrected chi connectivity index (χ2v) is 5.02. The standard InChI is InChI=1S/C16H21N3O3/c1-3-19(16(21)10-18-15(20)9-17)11(2)14-8-12-6-4-5-7-13(12)22-14/h4-8,11H,3,9-10,17H2,1-2H3,(H,18,20). The van der Waals surface area contributed by atoms with Crippen molar-refractivity contribution in [3.05, 3.63) is 36.1 Å². The van der Waals surface area contributed by atoms with Gasteiger partial charge in [-0.1, -0.05) is 18.2 Å². The Hall–Kier alpha value is -2.34. The molecule has 0 saturated carbocycles. The van der Waals surface area contributed by atoms with E-state index in [4.69, 9.17) is 10.2 Å². The van der Waals surface area contributed by atoms with Gasteiger partial charge in [0.1, 0.15) is 11.3 Å². The number of likely N-dealkylation sites (N-methyl/N-ethyl adjacent to an activating group) is 1. The van der Waals surface area contributed by atoms with Crippen molar-refractivity contribution in [1.82, 2.24) is 10.2 Å². The highest BCUT2D eigenvalue weighted by Gasteiger charge is 2.23. The van der Waals surface area contributed by atoms with Gasteiger partial charge in [-0.25, -0.2) is 0 Å². The number of carbonyl (C=O) groups is 2. The van der Waals surface area contributed by atoms with Gasteiger partial charge in [0.05, 0.1) is 19.1 Å². The summed E-state index contributed by atoms with van der Waals surface area (Å²) >= 11 is 0. The molecule has 1 aromatic heterocycles. The maximum absolute atomic E-state index is 12.3. The molecule has 0 radical (unpaired) electrons. The lowest BCUT2D eigenvalue weighted by Crippen LogP contribution is -2.42. The number of rotatable bonds is 6. The van der Waals surface area contributed by atoms with Gasteiger partial charge in [0.25, 0.3) is 0 Å². The number of nitrogens with two attached hydrogens (primary N) is 1. The van der Waals surface area contributed by atoms with Crippen molar-refractivity contribution in [2.75, 3.05) is 19.6 Å². The smallest absolute Gasteiger partial charge is 0.242 e. The zero-order valence-electron chi connectivity index (χ0n) is 12.8. The Morgan fingerprint density at radius 3 is 2.73 bits per heavy atom. The van der Waals surface area contributed by atoms with Gasteiger partial charge < -0.3 is 20.4 Å². The van der Waals surface area contributed by atoms with Crippen LogP contribution in [0.4, 0.5) is 0 Å². The molecule has 2 amide bonds. The fourth-order valence-electron chi connectivity index (χ4n) is 2.38. The first-order valence-corrected chi connectivity index (χ1v) is 7.31. The van der Waals surface area contributed by atoms with E-state index in [1.165, 1.54) is 0 Å². The van der Waals surface area contributed by atoms with Crippen molar-refractivity contribution in [3.63, 3.8) is 0 Å². The summed E-state index contributed by atoms with van der Waals surface area (Å²) in [5.41, 5.74) is 6.00. The molecule has 0 saturated heterocycles. The normalized spacial score (nSPS) is 12.1. The first-order chi connectivity index (χ1) is 10.6. The van der Waals surface area contributed by atoms with Crippen molar-refractivity contribution < 1.29 is 14.0 Å². The van der Waals surface area contributed by atoms with Gasteiger partial charge in [-0.15, -0.1) is 0 Å². The van der Waals surface area contributed by atoms with Crippen molar-refractivity contribution in [2.45, 2.75) is 19.9 Å². The summed E-state index contributed by atoms with van der Waals surface area (Å²) in [5.74, 6) is 0.208. The third kappa shape index (κ3) is 3.46. The van der Waals surface area contributed by atoms with Crippen LogP contribution in [0.2, 0.25) is 0 Å². The summed E-state index contributed by atoms with van der Waals surface area (Å²) in [5, 5.41) is 3.50. The Balaban J connectivity index is 2.12. The molecule has 0 bridgehead atoms. The topological polar surface area (TPSA) is 88.6 Å². The Morgan fingerprint density at radius 1 is 1.36 bits per heavy atom. The fourth-order valence-corrected chi connectivity index (χ4v) is 2.38. The van der Waals surface area contributed by atoms with Gasteiger partial charge in [0.2, 0.25) is 11.8 Å². The average Bonchev–Trinajstić information content (AvgIpc) is 2.97. The molecular weight excluding hydrogens is 282 g/mol. The monoisotopic (exact) mass is 303 g/mol. The maximum atomic E-state index is 12.3. The van der Waals surface area contributed by atoms with Crippen LogP contribution in [0.5, 0.6) is 0 Å². The molecule has 1 atom stereocenters. The quantitative estimate of drug-likeness (QED) is 0.844. The first kappa shape index (κ1) is 16.0. The third-order valence-electron chi connectivity index (χ3n) is 3.61. The molecule has 6 nitrogen and oxygen atoms in total. The lowest BCUT2D eigenvalue weighted by molar-refractivity contribution is -0.134. The van der Waals surface area contributed by atoms with Crippen molar-refractivity contribution >= 4 is 22.8 Å². The Bertz CT molecular complexity index is 632.